The van der Waals surface area contributed by atoms with Crippen LogP contribution in [0.5, 0.6) is 11.5 Å². The van der Waals surface area contributed by atoms with Crippen molar-refractivity contribution in [3.05, 3.63) is 69.7 Å². The van der Waals surface area contributed by atoms with Crippen LogP contribution in [0.1, 0.15) is 23.6 Å². The number of aromatic hydroxyl groups is 1. The van der Waals surface area contributed by atoms with Gasteiger partial charge in [0, 0.05) is 40.5 Å². The zero-order valence-corrected chi connectivity index (χ0v) is 18.7. The summed E-state index contributed by atoms with van der Waals surface area (Å²) in [5, 5.41) is 23.3. The van der Waals surface area contributed by atoms with E-state index in [9.17, 15) is 24.6 Å². The summed E-state index contributed by atoms with van der Waals surface area (Å²) in [5.74, 6) is -1.39. The number of hydrogen-bond donors (Lipinski definition) is 4. The van der Waals surface area contributed by atoms with Crippen LogP contribution < -0.4 is 15.7 Å². The number of nitrogens with one attached hydrogen (secondary N) is 2. The number of aryl methyl sites for hydroxylation is 2. The van der Waals surface area contributed by atoms with Gasteiger partial charge in [-0.3, -0.25) is 4.79 Å². The van der Waals surface area contributed by atoms with Gasteiger partial charge in [-0.05, 0) is 54.8 Å². The van der Waals surface area contributed by atoms with Crippen LogP contribution in [-0.4, -0.2) is 39.7 Å². The summed E-state index contributed by atoms with van der Waals surface area (Å²) in [7, 11) is 0. The molecular weight excluding hydrogens is 440 g/mol. The molecular formula is C25H24N2O7. The number of carbonyl (C=O) groups is 2. The zero-order valence-electron chi connectivity index (χ0n) is 18.7. The Kier molecular flexibility index (Phi) is 6.27. The predicted octanol–water partition coefficient (Wildman–Crippen LogP) is 3.04. The number of carboxylic acids is 1. The molecule has 2 heterocycles. The summed E-state index contributed by atoms with van der Waals surface area (Å²) >= 11 is 0. The van der Waals surface area contributed by atoms with Crippen molar-refractivity contribution in [2.24, 2.45) is 0 Å². The minimum absolute atomic E-state index is 0.0183. The van der Waals surface area contributed by atoms with Gasteiger partial charge in [-0.1, -0.05) is 6.92 Å². The first kappa shape index (κ1) is 22.9. The van der Waals surface area contributed by atoms with Gasteiger partial charge in [-0.15, -0.1) is 0 Å². The average Bonchev–Trinajstić information content (AvgIpc) is 3.19. The maximum atomic E-state index is 12.5. The molecule has 0 aliphatic carbocycles. The number of fused-ring (bicyclic) bond motifs is 2. The molecule has 0 bridgehead atoms. The molecule has 4 rings (SSSR count). The van der Waals surface area contributed by atoms with E-state index in [2.05, 4.69) is 10.3 Å². The Balaban J connectivity index is 1.47. The van der Waals surface area contributed by atoms with Gasteiger partial charge in [0.25, 0.3) is 5.91 Å². The molecule has 0 radical (unpaired) electrons. The van der Waals surface area contributed by atoms with Crippen LogP contribution in [-0.2, 0) is 22.4 Å². The van der Waals surface area contributed by atoms with Crippen LogP contribution in [0.3, 0.4) is 0 Å². The number of hydrogen-bond acceptors (Lipinski definition) is 6. The Morgan fingerprint density at radius 2 is 1.94 bits per heavy atom. The largest absolute Gasteiger partial charge is 0.508 e. The number of carbonyl (C=O) groups excluding carboxylic acids is 1. The number of phenols is 1. The molecule has 0 saturated heterocycles. The number of amides is 1. The third-order valence-corrected chi connectivity index (χ3v) is 5.74. The van der Waals surface area contributed by atoms with Crippen molar-refractivity contribution in [3.63, 3.8) is 0 Å². The molecule has 9 nitrogen and oxygen atoms in total. The van der Waals surface area contributed by atoms with Gasteiger partial charge in [0.15, 0.2) is 6.61 Å². The monoisotopic (exact) mass is 464 g/mol. The molecule has 0 aliphatic rings. The number of H-pyrrole nitrogens is 1. The number of ether oxygens (including phenoxy) is 1. The highest BCUT2D eigenvalue weighted by atomic mass is 16.5. The number of benzene rings is 2. The molecule has 2 aromatic carbocycles. The summed E-state index contributed by atoms with van der Waals surface area (Å²) < 4.78 is 11.0. The van der Waals surface area contributed by atoms with Crippen LogP contribution in [0.2, 0.25) is 0 Å². The summed E-state index contributed by atoms with van der Waals surface area (Å²) in [6.07, 6.45) is 2.33. The van der Waals surface area contributed by atoms with Crippen molar-refractivity contribution in [3.8, 4) is 11.5 Å². The van der Waals surface area contributed by atoms with Gasteiger partial charge in [0.05, 0.1) is 0 Å². The lowest BCUT2D eigenvalue weighted by atomic mass is 10.0. The first-order chi connectivity index (χ1) is 16.3. The highest BCUT2D eigenvalue weighted by Crippen LogP contribution is 2.29. The highest BCUT2D eigenvalue weighted by Gasteiger charge is 2.22. The molecule has 1 atom stereocenters. The highest BCUT2D eigenvalue weighted by molar-refractivity contribution is 5.88. The van der Waals surface area contributed by atoms with Crippen molar-refractivity contribution >= 4 is 33.7 Å². The standard InChI is InChI=1S/C25H24N2O7/c1-3-14-9-23(30)34-24-13(2)21(7-5-17(14)24)33-12-22(29)27-20(25(31)32)8-15-11-26-19-6-4-16(28)10-18(15)19/h4-7,9-11,20,26,28H,3,8,12H2,1-2H3,(H,27,29)(H,31,32)/t20-/m0/s1. The topological polar surface area (TPSA) is 142 Å². The lowest BCUT2D eigenvalue weighted by Crippen LogP contribution is -2.44. The Labute approximate surface area is 194 Å². The van der Waals surface area contributed by atoms with E-state index in [4.69, 9.17) is 9.15 Å². The van der Waals surface area contributed by atoms with Crippen LogP contribution in [0.4, 0.5) is 0 Å². The van der Waals surface area contributed by atoms with Gasteiger partial charge in [-0.25, -0.2) is 9.59 Å². The van der Waals surface area contributed by atoms with E-state index in [1.165, 1.54) is 18.2 Å². The quantitative estimate of drug-likeness (QED) is 0.294. The molecule has 176 valence electrons. The first-order valence-corrected chi connectivity index (χ1v) is 10.8. The van der Waals surface area contributed by atoms with E-state index in [-0.39, 0.29) is 12.2 Å². The predicted molar refractivity (Wildman–Crippen MR) is 125 cm³/mol. The molecule has 34 heavy (non-hydrogen) atoms. The van der Waals surface area contributed by atoms with E-state index in [0.717, 1.165) is 16.5 Å². The second-order valence-corrected chi connectivity index (χ2v) is 8.00. The average molecular weight is 464 g/mol. The third-order valence-electron chi connectivity index (χ3n) is 5.74. The fourth-order valence-corrected chi connectivity index (χ4v) is 3.99. The maximum Gasteiger partial charge on any atom is 0.336 e. The van der Waals surface area contributed by atoms with Gasteiger partial charge in [0.2, 0.25) is 0 Å². The number of rotatable bonds is 8. The number of carboxylic acid groups (broad SMARTS) is 1. The minimum Gasteiger partial charge on any atom is -0.508 e. The van der Waals surface area contributed by atoms with Crippen molar-refractivity contribution in [2.75, 3.05) is 6.61 Å². The molecule has 0 unspecified atom stereocenters. The van der Waals surface area contributed by atoms with Gasteiger partial charge in [-0.2, -0.15) is 0 Å². The minimum atomic E-state index is -1.20. The van der Waals surface area contributed by atoms with E-state index >= 15 is 0 Å². The van der Waals surface area contributed by atoms with E-state index in [1.807, 2.05) is 6.92 Å². The molecule has 0 fully saturated rings. The van der Waals surface area contributed by atoms with Crippen LogP contribution >= 0.6 is 0 Å². The second kappa shape index (κ2) is 9.30. The fourth-order valence-electron chi connectivity index (χ4n) is 3.99. The van der Waals surface area contributed by atoms with Crippen molar-refractivity contribution in [1.82, 2.24) is 10.3 Å². The molecule has 4 N–H and O–H groups in total. The van der Waals surface area contributed by atoms with Crippen LogP contribution in [0.25, 0.3) is 21.9 Å². The summed E-state index contributed by atoms with van der Waals surface area (Å²) in [5.41, 5.74) is 2.76. The normalized spacial score (nSPS) is 12.1. The number of aromatic amines is 1. The van der Waals surface area contributed by atoms with Crippen molar-refractivity contribution < 1.29 is 29.0 Å². The summed E-state index contributed by atoms with van der Waals surface area (Å²) in [6, 6.07) is 8.47. The van der Waals surface area contributed by atoms with Crippen LogP contribution in [0, 0.1) is 6.92 Å². The number of aliphatic carboxylic acids is 1. The smallest absolute Gasteiger partial charge is 0.336 e. The maximum absolute atomic E-state index is 12.5. The Bertz CT molecular complexity index is 1450. The van der Waals surface area contributed by atoms with Gasteiger partial charge < -0.3 is 29.7 Å². The van der Waals surface area contributed by atoms with E-state index < -0.39 is 30.2 Å². The molecule has 0 aliphatic heterocycles. The van der Waals surface area contributed by atoms with Crippen molar-refractivity contribution in [1.29, 1.82) is 0 Å². The Hall–Kier alpha value is -4.27. The van der Waals surface area contributed by atoms with E-state index in [0.29, 0.717) is 34.3 Å². The van der Waals surface area contributed by atoms with E-state index in [1.54, 1.807) is 31.3 Å². The molecule has 9 heteroatoms. The molecule has 2 aromatic heterocycles. The second-order valence-electron chi connectivity index (χ2n) is 8.00. The summed E-state index contributed by atoms with van der Waals surface area (Å²) in [6.45, 7) is 3.25. The fraction of sp³-hybridized carbons (Fsp3) is 0.240. The molecule has 0 spiro atoms. The first-order valence-electron chi connectivity index (χ1n) is 10.8. The van der Waals surface area contributed by atoms with Crippen LogP contribution in [0.15, 0.2) is 51.8 Å². The molecule has 0 saturated carbocycles. The lowest BCUT2D eigenvalue weighted by Gasteiger charge is -2.16. The lowest BCUT2D eigenvalue weighted by molar-refractivity contribution is -0.142. The molecule has 4 aromatic rings. The zero-order chi connectivity index (χ0) is 24.4. The summed E-state index contributed by atoms with van der Waals surface area (Å²) in [4.78, 5) is 39.1. The number of aromatic nitrogens is 1. The number of phenolic OH excluding ortho intramolecular Hbond substituents is 1. The van der Waals surface area contributed by atoms with Gasteiger partial charge in [0.1, 0.15) is 23.1 Å². The SMILES string of the molecule is CCc1cc(=O)oc2c(C)c(OCC(=O)N[C@@H](Cc3c[nH]c4ccc(O)cc34)C(=O)O)ccc12. The third kappa shape index (κ3) is 4.59. The Morgan fingerprint density at radius 3 is 2.68 bits per heavy atom. The van der Waals surface area contributed by atoms with Crippen molar-refractivity contribution in [2.45, 2.75) is 32.7 Å². The van der Waals surface area contributed by atoms with Gasteiger partial charge >= 0.3 is 11.6 Å². The molecule has 1 amide bonds. The Morgan fingerprint density at radius 1 is 1.15 bits per heavy atom.